The number of carbonyl (C=O) groups is 1. The molecule has 0 unspecified atom stereocenters. The van der Waals surface area contributed by atoms with E-state index in [0.717, 1.165) is 31.2 Å². The second kappa shape index (κ2) is 9.26. The number of hydrogen-bond donors (Lipinski definition) is 2. The molecule has 1 aromatic heterocycles. The van der Waals surface area contributed by atoms with Crippen LogP contribution >= 0.6 is 0 Å². The van der Waals surface area contributed by atoms with Gasteiger partial charge in [-0.2, -0.15) is 0 Å². The predicted octanol–water partition coefficient (Wildman–Crippen LogP) is 4.14. The third kappa shape index (κ3) is 4.92. The van der Waals surface area contributed by atoms with Gasteiger partial charge in [0.2, 0.25) is 10.0 Å². The quantitative estimate of drug-likeness (QED) is 0.533. The van der Waals surface area contributed by atoms with Gasteiger partial charge in [0.15, 0.2) is 0 Å². The van der Waals surface area contributed by atoms with Crippen LogP contribution in [0.25, 0.3) is 0 Å². The van der Waals surface area contributed by atoms with Gasteiger partial charge in [0.05, 0.1) is 17.7 Å². The van der Waals surface area contributed by atoms with Crippen LogP contribution in [0.1, 0.15) is 47.4 Å². The van der Waals surface area contributed by atoms with Gasteiger partial charge in [-0.25, -0.2) is 17.5 Å². The van der Waals surface area contributed by atoms with Crippen molar-refractivity contribution in [3.05, 3.63) is 89.6 Å². The SMILES string of the molecule is O=C(NCC1(c2ccc(F)cc2)CCCC1)c1ccc(S(=O)(=O)NCc2ccco2)cc1. The summed E-state index contributed by atoms with van der Waals surface area (Å²) in [6, 6.07) is 15.7. The third-order valence-corrected chi connectivity index (χ3v) is 7.47. The predicted molar refractivity (Wildman–Crippen MR) is 118 cm³/mol. The van der Waals surface area contributed by atoms with E-state index in [1.54, 1.807) is 24.3 Å². The van der Waals surface area contributed by atoms with Gasteiger partial charge in [0.25, 0.3) is 5.91 Å². The Kier molecular flexibility index (Phi) is 6.43. The van der Waals surface area contributed by atoms with Crippen LogP contribution in [0.15, 0.2) is 76.2 Å². The lowest BCUT2D eigenvalue weighted by molar-refractivity contribution is 0.0943. The van der Waals surface area contributed by atoms with E-state index in [1.807, 2.05) is 0 Å². The normalized spacial score (nSPS) is 15.5. The number of sulfonamides is 1. The standard InChI is InChI=1S/C24H25FN2O4S/c25-20-9-7-19(8-10-20)24(13-1-2-14-24)17-26-23(28)18-5-11-22(12-6-18)32(29,30)27-16-21-4-3-15-31-21/h3-12,15,27H,1-2,13-14,16-17H2,(H,26,28). The van der Waals surface area contributed by atoms with Gasteiger partial charge in [-0.15, -0.1) is 0 Å². The number of nitrogens with one attached hydrogen (secondary N) is 2. The van der Waals surface area contributed by atoms with Crippen LogP contribution in [0.5, 0.6) is 0 Å². The van der Waals surface area contributed by atoms with Gasteiger partial charge in [-0.05, 0) is 66.9 Å². The maximum absolute atomic E-state index is 13.3. The van der Waals surface area contributed by atoms with Crippen LogP contribution < -0.4 is 10.0 Å². The molecule has 8 heteroatoms. The lowest BCUT2D eigenvalue weighted by Gasteiger charge is -2.30. The minimum Gasteiger partial charge on any atom is -0.468 e. The Balaban J connectivity index is 1.40. The number of amides is 1. The van der Waals surface area contributed by atoms with E-state index in [4.69, 9.17) is 4.42 Å². The molecule has 3 aromatic rings. The lowest BCUT2D eigenvalue weighted by atomic mass is 9.78. The molecule has 1 saturated carbocycles. The monoisotopic (exact) mass is 456 g/mol. The summed E-state index contributed by atoms with van der Waals surface area (Å²) in [5, 5.41) is 2.99. The maximum Gasteiger partial charge on any atom is 0.251 e. The van der Waals surface area contributed by atoms with Crippen LogP contribution in [0, 0.1) is 5.82 Å². The molecule has 6 nitrogen and oxygen atoms in total. The summed E-state index contributed by atoms with van der Waals surface area (Å²) >= 11 is 0. The van der Waals surface area contributed by atoms with E-state index in [9.17, 15) is 17.6 Å². The maximum atomic E-state index is 13.3. The molecule has 0 atom stereocenters. The summed E-state index contributed by atoms with van der Waals surface area (Å²) in [5.41, 5.74) is 1.20. The summed E-state index contributed by atoms with van der Waals surface area (Å²) in [6.07, 6.45) is 5.45. The van der Waals surface area contributed by atoms with Crippen LogP contribution in [0.2, 0.25) is 0 Å². The van der Waals surface area contributed by atoms with Crippen LogP contribution in [-0.4, -0.2) is 20.9 Å². The summed E-state index contributed by atoms with van der Waals surface area (Å²) in [7, 11) is -3.73. The fourth-order valence-electron chi connectivity index (χ4n) is 4.22. The van der Waals surface area contributed by atoms with Gasteiger partial charge in [0, 0.05) is 17.5 Å². The Hall–Kier alpha value is -2.97. The number of furan rings is 1. The minimum absolute atomic E-state index is 0.0447. The minimum atomic E-state index is -3.73. The van der Waals surface area contributed by atoms with Crippen molar-refractivity contribution in [3.8, 4) is 0 Å². The van der Waals surface area contributed by atoms with Crippen LogP contribution in [0.3, 0.4) is 0 Å². The van der Waals surface area contributed by atoms with Crippen molar-refractivity contribution >= 4 is 15.9 Å². The van der Waals surface area contributed by atoms with Gasteiger partial charge in [0.1, 0.15) is 11.6 Å². The zero-order valence-electron chi connectivity index (χ0n) is 17.5. The highest BCUT2D eigenvalue weighted by Gasteiger charge is 2.36. The van der Waals surface area contributed by atoms with E-state index >= 15 is 0 Å². The first-order chi connectivity index (χ1) is 15.4. The number of carbonyl (C=O) groups excluding carboxylic acids is 1. The second-order valence-electron chi connectivity index (χ2n) is 8.11. The van der Waals surface area contributed by atoms with E-state index in [0.29, 0.717) is 17.9 Å². The van der Waals surface area contributed by atoms with Crippen molar-refractivity contribution in [2.75, 3.05) is 6.54 Å². The van der Waals surface area contributed by atoms with Crippen molar-refractivity contribution in [3.63, 3.8) is 0 Å². The highest BCUT2D eigenvalue weighted by Crippen LogP contribution is 2.40. The van der Waals surface area contributed by atoms with E-state index in [1.165, 1.54) is 42.7 Å². The Morgan fingerprint density at radius 1 is 1.00 bits per heavy atom. The molecular weight excluding hydrogens is 431 g/mol. The highest BCUT2D eigenvalue weighted by atomic mass is 32.2. The van der Waals surface area contributed by atoms with Crippen molar-refractivity contribution in [1.82, 2.24) is 10.0 Å². The van der Waals surface area contributed by atoms with E-state index in [2.05, 4.69) is 10.0 Å². The molecule has 0 spiro atoms. The molecule has 1 amide bonds. The van der Waals surface area contributed by atoms with E-state index < -0.39 is 10.0 Å². The largest absolute Gasteiger partial charge is 0.468 e. The first-order valence-corrected chi connectivity index (χ1v) is 12.0. The van der Waals surface area contributed by atoms with Gasteiger partial charge < -0.3 is 9.73 Å². The Morgan fingerprint density at radius 3 is 2.31 bits per heavy atom. The summed E-state index contributed by atoms with van der Waals surface area (Å²) in [5.74, 6) is -0.0444. The Labute approximate surface area is 186 Å². The zero-order chi connectivity index (χ0) is 22.6. The van der Waals surface area contributed by atoms with Crippen molar-refractivity contribution < 1.29 is 22.0 Å². The summed E-state index contributed by atoms with van der Waals surface area (Å²) in [6.45, 7) is 0.491. The number of benzene rings is 2. The van der Waals surface area contributed by atoms with Crippen LogP contribution in [-0.2, 0) is 22.0 Å². The molecule has 1 fully saturated rings. The highest BCUT2D eigenvalue weighted by molar-refractivity contribution is 7.89. The first-order valence-electron chi connectivity index (χ1n) is 10.5. The number of hydrogen-bond acceptors (Lipinski definition) is 4. The molecule has 0 aliphatic heterocycles. The Morgan fingerprint density at radius 2 is 1.69 bits per heavy atom. The van der Waals surface area contributed by atoms with Gasteiger partial charge in [-0.1, -0.05) is 25.0 Å². The van der Waals surface area contributed by atoms with Crippen molar-refractivity contribution in [1.29, 1.82) is 0 Å². The number of rotatable bonds is 8. The second-order valence-corrected chi connectivity index (χ2v) is 9.87. The lowest BCUT2D eigenvalue weighted by Crippen LogP contribution is -2.39. The Bertz CT molecular complexity index is 1150. The molecule has 0 radical (unpaired) electrons. The topological polar surface area (TPSA) is 88.4 Å². The van der Waals surface area contributed by atoms with Gasteiger partial charge >= 0.3 is 0 Å². The molecule has 168 valence electrons. The average molecular weight is 457 g/mol. The first kappa shape index (κ1) is 22.2. The molecule has 2 N–H and O–H groups in total. The average Bonchev–Trinajstić information content (AvgIpc) is 3.50. The summed E-state index contributed by atoms with van der Waals surface area (Å²) in [4.78, 5) is 12.8. The smallest absolute Gasteiger partial charge is 0.251 e. The van der Waals surface area contributed by atoms with Crippen molar-refractivity contribution in [2.24, 2.45) is 0 Å². The number of halogens is 1. The molecule has 0 saturated heterocycles. The molecular formula is C24H25FN2O4S. The molecule has 1 heterocycles. The molecule has 2 aromatic carbocycles. The van der Waals surface area contributed by atoms with Gasteiger partial charge in [-0.3, -0.25) is 4.79 Å². The molecule has 1 aliphatic carbocycles. The molecule has 4 rings (SSSR count). The molecule has 0 bridgehead atoms. The summed E-state index contributed by atoms with van der Waals surface area (Å²) < 4.78 is 45.8. The third-order valence-electron chi connectivity index (χ3n) is 6.05. The van der Waals surface area contributed by atoms with E-state index in [-0.39, 0.29) is 28.6 Å². The fourth-order valence-corrected chi connectivity index (χ4v) is 5.22. The molecule has 32 heavy (non-hydrogen) atoms. The zero-order valence-corrected chi connectivity index (χ0v) is 18.3. The van der Waals surface area contributed by atoms with Crippen molar-refractivity contribution in [2.45, 2.75) is 42.5 Å². The van der Waals surface area contributed by atoms with Crippen LogP contribution in [0.4, 0.5) is 4.39 Å². The molecule has 1 aliphatic rings. The fraction of sp³-hybridized carbons (Fsp3) is 0.292.